The summed E-state index contributed by atoms with van der Waals surface area (Å²) in [7, 11) is -3.79. The summed E-state index contributed by atoms with van der Waals surface area (Å²) in [5.41, 5.74) is 0.809. The number of rotatable bonds is 8. The van der Waals surface area contributed by atoms with E-state index in [2.05, 4.69) is 21.2 Å². The van der Waals surface area contributed by atoms with E-state index >= 15 is 0 Å². The molecule has 0 heterocycles. The molecule has 0 aromatic heterocycles. The van der Waals surface area contributed by atoms with Crippen LogP contribution in [0.2, 0.25) is 0 Å². The number of nitrogens with one attached hydrogen (secondary N) is 1. The van der Waals surface area contributed by atoms with Gasteiger partial charge in [-0.2, -0.15) is 4.31 Å². The molecular formula is C19H23BrN2O3S. The van der Waals surface area contributed by atoms with Crippen molar-refractivity contribution in [3.8, 4) is 0 Å². The molecule has 0 unspecified atom stereocenters. The minimum absolute atomic E-state index is 0.00328. The normalized spacial score (nSPS) is 12.8. The zero-order valence-electron chi connectivity index (χ0n) is 14.9. The summed E-state index contributed by atoms with van der Waals surface area (Å²) >= 11 is 3.37. The van der Waals surface area contributed by atoms with E-state index in [1.54, 1.807) is 18.2 Å². The van der Waals surface area contributed by atoms with Crippen molar-refractivity contribution in [3.05, 3.63) is 64.6 Å². The topological polar surface area (TPSA) is 66.5 Å². The Hall–Kier alpha value is -1.70. The highest BCUT2D eigenvalue weighted by Gasteiger charge is 2.27. The van der Waals surface area contributed by atoms with E-state index in [1.165, 1.54) is 16.4 Å². The second-order valence-corrected chi connectivity index (χ2v) is 8.94. The van der Waals surface area contributed by atoms with Crippen molar-refractivity contribution >= 4 is 31.9 Å². The fourth-order valence-corrected chi connectivity index (χ4v) is 4.01. The van der Waals surface area contributed by atoms with E-state index < -0.39 is 10.0 Å². The summed E-state index contributed by atoms with van der Waals surface area (Å²) in [5.74, 6) is -0.309. The number of benzene rings is 2. The van der Waals surface area contributed by atoms with Crippen molar-refractivity contribution in [3.63, 3.8) is 0 Å². The molecule has 26 heavy (non-hydrogen) atoms. The van der Waals surface area contributed by atoms with Gasteiger partial charge in [0.15, 0.2) is 0 Å². The van der Waals surface area contributed by atoms with E-state index in [4.69, 9.17) is 0 Å². The largest absolute Gasteiger partial charge is 0.353 e. The van der Waals surface area contributed by atoms with Crippen LogP contribution in [0.15, 0.2) is 64.0 Å². The van der Waals surface area contributed by atoms with Gasteiger partial charge < -0.3 is 5.32 Å². The van der Waals surface area contributed by atoms with Crippen molar-refractivity contribution in [1.82, 2.24) is 9.62 Å². The van der Waals surface area contributed by atoms with Crippen LogP contribution in [0.5, 0.6) is 0 Å². The average molecular weight is 439 g/mol. The van der Waals surface area contributed by atoms with E-state index in [0.717, 1.165) is 16.5 Å². The third kappa shape index (κ3) is 5.65. The van der Waals surface area contributed by atoms with Gasteiger partial charge in [0.2, 0.25) is 15.9 Å². The third-order valence-corrected chi connectivity index (χ3v) is 6.33. The standard InChI is InChI=1S/C19H23BrN2O3S/c1-3-15(2)21-19(23)14-22(13-16-9-11-17(20)12-10-16)26(24,25)18-7-5-4-6-8-18/h4-12,15H,3,13-14H2,1-2H3,(H,21,23)/t15-/m1/s1. The van der Waals surface area contributed by atoms with Crippen LogP contribution in [0, 0.1) is 0 Å². The Morgan fingerprint density at radius 1 is 1.12 bits per heavy atom. The van der Waals surface area contributed by atoms with Gasteiger partial charge in [-0.1, -0.05) is 53.2 Å². The van der Waals surface area contributed by atoms with E-state index in [1.807, 2.05) is 38.1 Å². The summed E-state index contributed by atoms with van der Waals surface area (Å²) in [6.45, 7) is 3.75. The Balaban J connectivity index is 2.28. The molecule has 0 fully saturated rings. The quantitative estimate of drug-likeness (QED) is 0.684. The predicted octanol–water partition coefficient (Wildman–Crippen LogP) is 3.55. The molecule has 2 aromatic carbocycles. The van der Waals surface area contributed by atoms with Crippen LogP contribution < -0.4 is 5.32 Å². The van der Waals surface area contributed by atoms with Crippen molar-refractivity contribution in [2.24, 2.45) is 0 Å². The third-order valence-electron chi connectivity index (χ3n) is 3.99. The van der Waals surface area contributed by atoms with Gasteiger partial charge in [-0.3, -0.25) is 4.79 Å². The SMILES string of the molecule is CC[C@@H](C)NC(=O)CN(Cc1ccc(Br)cc1)S(=O)(=O)c1ccccc1. The van der Waals surface area contributed by atoms with Crippen molar-refractivity contribution < 1.29 is 13.2 Å². The molecular weight excluding hydrogens is 416 g/mol. The Kier molecular flexibility index (Phi) is 7.37. The summed E-state index contributed by atoms with van der Waals surface area (Å²) < 4.78 is 28.2. The van der Waals surface area contributed by atoms with E-state index in [-0.39, 0.29) is 29.9 Å². The maximum absolute atomic E-state index is 13.0. The number of hydrogen-bond donors (Lipinski definition) is 1. The van der Waals surface area contributed by atoms with Gasteiger partial charge in [0.25, 0.3) is 0 Å². The molecule has 0 saturated heterocycles. The van der Waals surface area contributed by atoms with Crippen molar-refractivity contribution in [2.75, 3.05) is 6.54 Å². The maximum atomic E-state index is 13.0. The van der Waals surface area contributed by atoms with Gasteiger partial charge in [-0.25, -0.2) is 8.42 Å². The lowest BCUT2D eigenvalue weighted by atomic mass is 10.2. The maximum Gasteiger partial charge on any atom is 0.243 e. The van der Waals surface area contributed by atoms with Gasteiger partial charge in [0.1, 0.15) is 0 Å². The van der Waals surface area contributed by atoms with Crippen LogP contribution >= 0.6 is 15.9 Å². The smallest absolute Gasteiger partial charge is 0.243 e. The molecule has 0 aliphatic rings. The molecule has 2 aromatic rings. The van der Waals surface area contributed by atoms with Crippen LogP contribution in [0.4, 0.5) is 0 Å². The highest BCUT2D eigenvalue weighted by Crippen LogP contribution is 2.19. The van der Waals surface area contributed by atoms with E-state index in [0.29, 0.717) is 0 Å². The lowest BCUT2D eigenvalue weighted by molar-refractivity contribution is -0.122. The molecule has 0 saturated carbocycles. The van der Waals surface area contributed by atoms with Gasteiger partial charge in [0.05, 0.1) is 11.4 Å². The van der Waals surface area contributed by atoms with Crippen molar-refractivity contribution in [2.45, 2.75) is 37.8 Å². The number of hydrogen-bond acceptors (Lipinski definition) is 3. The zero-order chi connectivity index (χ0) is 19.2. The highest BCUT2D eigenvalue weighted by atomic mass is 79.9. The second kappa shape index (κ2) is 9.30. The molecule has 1 atom stereocenters. The van der Waals surface area contributed by atoms with E-state index in [9.17, 15) is 13.2 Å². The molecule has 0 spiro atoms. The first-order valence-corrected chi connectivity index (χ1v) is 10.6. The molecule has 0 radical (unpaired) electrons. The number of carbonyl (C=O) groups excluding carboxylic acids is 1. The van der Waals surface area contributed by atoms with Crippen LogP contribution in [-0.4, -0.2) is 31.2 Å². The number of halogens is 1. The number of nitrogens with zero attached hydrogens (tertiary/aromatic N) is 1. The van der Waals surface area contributed by atoms with Gasteiger partial charge in [0, 0.05) is 17.1 Å². The predicted molar refractivity (Wildman–Crippen MR) is 106 cm³/mol. The van der Waals surface area contributed by atoms with Gasteiger partial charge >= 0.3 is 0 Å². The fourth-order valence-electron chi connectivity index (χ4n) is 2.34. The molecule has 1 amide bonds. The lowest BCUT2D eigenvalue weighted by Crippen LogP contribution is -2.43. The molecule has 5 nitrogen and oxygen atoms in total. The summed E-state index contributed by atoms with van der Waals surface area (Å²) in [4.78, 5) is 12.5. The molecule has 7 heteroatoms. The zero-order valence-corrected chi connectivity index (χ0v) is 17.3. The van der Waals surface area contributed by atoms with Crippen molar-refractivity contribution in [1.29, 1.82) is 0 Å². The summed E-state index contributed by atoms with van der Waals surface area (Å²) in [5, 5.41) is 2.83. The number of carbonyl (C=O) groups is 1. The van der Waals surface area contributed by atoms with Crippen LogP contribution in [0.25, 0.3) is 0 Å². The molecule has 0 aliphatic carbocycles. The fraction of sp³-hybridized carbons (Fsp3) is 0.316. The Bertz CT molecular complexity index is 824. The minimum Gasteiger partial charge on any atom is -0.353 e. The minimum atomic E-state index is -3.79. The van der Waals surface area contributed by atoms with Crippen LogP contribution in [0.1, 0.15) is 25.8 Å². The van der Waals surface area contributed by atoms with Crippen LogP contribution in [-0.2, 0) is 21.4 Å². The Morgan fingerprint density at radius 2 is 1.73 bits per heavy atom. The lowest BCUT2D eigenvalue weighted by Gasteiger charge is -2.23. The Labute approximate surface area is 163 Å². The molecule has 1 N–H and O–H groups in total. The first-order valence-electron chi connectivity index (χ1n) is 8.42. The first-order chi connectivity index (χ1) is 12.3. The average Bonchev–Trinajstić information content (AvgIpc) is 2.63. The molecule has 0 bridgehead atoms. The summed E-state index contributed by atoms with van der Waals surface area (Å²) in [6, 6.07) is 15.5. The summed E-state index contributed by atoms with van der Waals surface area (Å²) in [6.07, 6.45) is 0.782. The van der Waals surface area contributed by atoms with Crippen LogP contribution in [0.3, 0.4) is 0 Å². The molecule has 140 valence electrons. The Morgan fingerprint density at radius 3 is 2.31 bits per heavy atom. The highest BCUT2D eigenvalue weighted by molar-refractivity contribution is 9.10. The molecule has 2 rings (SSSR count). The number of amides is 1. The number of sulfonamides is 1. The first kappa shape index (κ1) is 20.6. The molecule has 0 aliphatic heterocycles. The monoisotopic (exact) mass is 438 g/mol. The second-order valence-electron chi connectivity index (χ2n) is 6.09. The van der Waals surface area contributed by atoms with Gasteiger partial charge in [-0.15, -0.1) is 0 Å². The van der Waals surface area contributed by atoms with Gasteiger partial charge in [-0.05, 0) is 43.2 Å².